The Labute approximate surface area is 239 Å². The molecule has 1 amide bonds. The molecule has 40 heavy (non-hydrogen) atoms. The average Bonchev–Trinajstić information content (AvgIpc) is 3.61. The number of rotatable bonds is 6. The van der Waals surface area contributed by atoms with Gasteiger partial charge in [-0.1, -0.05) is 23.3 Å². The number of alkyl halides is 1. The van der Waals surface area contributed by atoms with Gasteiger partial charge in [0, 0.05) is 23.1 Å². The van der Waals surface area contributed by atoms with Crippen LogP contribution >= 0.6 is 11.3 Å². The van der Waals surface area contributed by atoms with E-state index in [1.165, 1.54) is 23.5 Å². The van der Waals surface area contributed by atoms with Crippen LogP contribution in [0.4, 0.5) is 14.5 Å². The highest BCUT2D eigenvalue weighted by Gasteiger charge is 2.48. The molecule has 2 aliphatic carbocycles. The first-order chi connectivity index (χ1) is 19.3. The standard InChI is InChI=1S/C30H30F2N4O2S2/c31-21-5-1-20(2-6-21)29-34-26(24-10-7-22(32)17-25(24)28(37)35-30(18-33)11-12-30)27(39-29)19-3-8-23(9-4-19)36-13-15-40(38)16-14-36/h1-6,8-9,22,24-25H,7,10-17H2,(H,35,37)/t22-,24+,25+/m0/s1. The fraction of sp³-hybridized carbons (Fsp3) is 0.433. The second-order valence-corrected chi connectivity index (χ2v) is 13.6. The zero-order valence-electron chi connectivity index (χ0n) is 21.9. The van der Waals surface area contributed by atoms with Crippen LogP contribution in [0.15, 0.2) is 48.5 Å². The second kappa shape index (κ2) is 11.1. The van der Waals surface area contributed by atoms with Gasteiger partial charge in [-0.2, -0.15) is 5.26 Å². The first-order valence-electron chi connectivity index (χ1n) is 13.7. The summed E-state index contributed by atoms with van der Waals surface area (Å²) in [5.41, 5.74) is 2.71. The van der Waals surface area contributed by atoms with Crippen LogP contribution < -0.4 is 10.2 Å². The molecule has 1 aromatic heterocycles. The van der Waals surface area contributed by atoms with E-state index in [1.54, 1.807) is 12.1 Å². The smallest absolute Gasteiger partial charge is 0.225 e. The number of anilines is 1. The molecule has 0 bridgehead atoms. The van der Waals surface area contributed by atoms with Crippen LogP contribution in [0.2, 0.25) is 0 Å². The monoisotopic (exact) mass is 580 g/mol. The lowest BCUT2D eigenvalue weighted by molar-refractivity contribution is -0.128. The molecule has 3 aliphatic rings. The number of carbonyl (C=O) groups is 1. The zero-order valence-corrected chi connectivity index (χ0v) is 23.6. The molecule has 3 aromatic rings. The second-order valence-electron chi connectivity index (χ2n) is 10.9. The lowest BCUT2D eigenvalue weighted by atomic mass is 9.75. The van der Waals surface area contributed by atoms with Gasteiger partial charge < -0.3 is 14.8 Å². The third-order valence-corrected chi connectivity index (χ3v) is 10.7. The van der Waals surface area contributed by atoms with Crippen LogP contribution in [-0.4, -0.2) is 51.7 Å². The summed E-state index contributed by atoms with van der Waals surface area (Å²) >= 11 is 0.732. The maximum atomic E-state index is 14.7. The number of benzene rings is 2. The number of nitriles is 1. The van der Waals surface area contributed by atoms with Gasteiger partial charge in [0.25, 0.3) is 0 Å². The van der Waals surface area contributed by atoms with Crippen molar-refractivity contribution in [3.05, 3.63) is 60.0 Å². The van der Waals surface area contributed by atoms with Crippen molar-refractivity contribution in [3.8, 4) is 27.1 Å². The molecular weight excluding hydrogens is 550 g/mol. The number of thiazole rings is 1. The minimum atomic E-state index is -1.08. The fourth-order valence-corrected chi connectivity index (χ4v) is 7.88. The van der Waals surface area contributed by atoms with Crippen LogP contribution in [0.5, 0.6) is 0 Å². The van der Waals surface area contributed by atoms with E-state index in [4.69, 9.17) is 4.98 Å². The van der Waals surface area contributed by atoms with Crippen molar-refractivity contribution in [1.82, 2.24) is 10.3 Å². The summed E-state index contributed by atoms with van der Waals surface area (Å²) in [5, 5.41) is 13.1. The molecule has 0 radical (unpaired) electrons. The molecule has 2 saturated carbocycles. The number of halogens is 2. The molecule has 208 valence electrons. The number of carbonyl (C=O) groups excluding carboxylic acids is 1. The van der Waals surface area contributed by atoms with Crippen molar-refractivity contribution >= 4 is 34.1 Å². The molecule has 6 nitrogen and oxygen atoms in total. The Kier molecular flexibility index (Phi) is 7.55. The highest BCUT2D eigenvalue weighted by Crippen LogP contribution is 2.47. The van der Waals surface area contributed by atoms with E-state index < -0.39 is 28.8 Å². The maximum Gasteiger partial charge on any atom is 0.225 e. The summed E-state index contributed by atoms with van der Waals surface area (Å²) in [5.74, 6) is -0.233. The van der Waals surface area contributed by atoms with Crippen molar-refractivity contribution < 1.29 is 18.1 Å². The molecule has 1 aliphatic heterocycles. The molecule has 10 heteroatoms. The Morgan fingerprint density at radius 1 is 1.10 bits per heavy atom. The van der Waals surface area contributed by atoms with Gasteiger partial charge in [0.2, 0.25) is 5.91 Å². The fourth-order valence-electron chi connectivity index (χ4n) is 5.68. The Morgan fingerprint density at radius 2 is 1.77 bits per heavy atom. The minimum Gasteiger partial charge on any atom is -0.616 e. The molecule has 0 unspecified atom stereocenters. The van der Waals surface area contributed by atoms with Crippen molar-refractivity contribution in [2.24, 2.45) is 5.92 Å². The first-order valence-corrected chi connectivity index (χ1v) is 16.0. The Hall–Kier alpha value is -3.00. The van der Waals surface area contributed by atoms with Gasteiger partial charge in [0.1, 0.15) is 34.0 Å². The lowest BCUT2D eigenvalue weighted by Crippen LogP contribution is -2.44. The highest BCUT2D eigenvalue weighted by atomic mass is 32.2. The topological polar surface area (TPSA) is 92.1 Å². The largest absolute Gasteiger partial charge is 0.616 e. The van der Waals surface area contributed by atoms with Crippen LogP contribution in [0.3, 0.4) is 0 Å². The maximum absolute atomic E-state index is 14.7. The van der Waals surface area contributed by atoms with E-state index >= 15 is 0 Å². The minimum absolute atomic E-state index is 0.0934. The number of nitrogens with zero attached hydrogens (tertiary/aromatic N) is 3. The van der Waals surface area contributed by atoms with Crippen molar-refractivity contribution in [2.75, 3.05) is 29.5 Å². The van der Waals surface area contributed by atoms with E-state index in [2.05, 4.69) is 28.4 Å². The molecule has 2 heterocycles. The number of hydrogen-bond acceptors (Lipinski definition) is 6. The van der Waals surface area contributed by atoms with E-state index in [0.717, 1.165) is 40.5 Å². The summed E-state index contributed by atoms with van der Waals surface area (Å²) in [6, 6.07) is 16.6. The summed E-state index contributed by atoms with van der Waals surface area (Å²) < 4.78 is 40.1. The van der Waals surface area contributed by atoms with Gasteiger partial charge >= 0.3 is 0 Å². The number of amides is 1. The van der Waals surface area contributed by atoms with Gasteiger partial charge in [-0.25, -0.2) is 13.8 Å². The van der Waals surface area contributed by atoms with Gasteiger partial charge in [-0.3, -0.25) is 4.79 Å². The van der Waals surface area contributed by atoms with E-state index in [0.29, 0.717) is 42.2 Å². The third-order valence-electron chi connectivity index (χ3n) is 8.22. The Balaban J connectivity index is 1.36. The summed E-state index contributed by atoms with van der Waals surface area (Å²) in [6.07, 6.45) is 1.05. The highest BCUT2D eigenvalue weighted by molar-refractivity contribution is 7.91. The van der Waals surface area contributed by atoms with Crippen LogP contribution in [0, 0.1) is 23.1 Å². The Morgan fingerprint density at radius 3 is 2.42 bits per heavy atom. The normalized spacial score (nSPS) is 24.4. The van der Waals surface area contributed by atoms with Gasteiger partial charge in [-0.15, -0.1) is 11.3 Å². The van der Waals surface area contributed by atoms with Gasteiger partial charge in [0.05, 0.1) is 29.7 Å². The van der Waals surface area contributed by atoms with Crippen LogP contribution in [-0.2, 0) is 16.0 Å². The van der Waals surface area contributed by atoms with E-state index in [1.807, 2.05) is 12.1 Å². The van der Waals surface area contributed by atoms with Crippen molar-refractivity contribution in [3.63, 3.8) is 0 Å². The van der Waals surface area contributed by atoms with E-state index in [-0.39, 0.29) is 24.1 Å². The van der Waals surface area contributed by atoms with Gasteiger partial charge in [-0.05, 0) is 74.1 Å². The summed E-state index contributed by atoms with van der Waals surface area (Å²) in [7, 11) is 0. The molecule has 0 spiro atoms. The third kappa shape index (κ3) is 5.60. The van der Waals surface area contributed by atoms with Crippen LogP contribution in [0.25, 0.3) is 21.0 Å². The molecule has 2 aromatic carbocycles. The first kappa shape index (κ1) is 27.2. The lowest BCUT2D eigenvalue weighted by Gasteiger charge is -2.32. The molecule has 3 fully saturated rings. The number of hydrogen-bond donors (Lipinski definition) is 1. The average molecular weight is 581 g/mol. The van der Waals surface area contributed by atoms with Crippen LogP contribution in [0.1, 0.15) is 43.7 Å². The summed E-state index contributed by atoms with van der Waals surface area (Å²) in [6.45, 7) is 1.50. The molecule has 3 atom stereocenters. The molecule has 1 N–H and O–H groups in total. The quantitative estimate of drug-likeness (QED) is 0.385. The van der Waals surface area contributed by atoms with Crippen molar-refractivity contribution in [2.45, 2.75) is 49.7 Å². The van der Waals surface area contributed by atoms with Crippen molar-refractivity contribution in [1.29, 1.82) is 5.26 Å². The molecular formula is C30H30F2N4O2S2. The SMILES string of the molecule is N#CC1(NC(=O)[C@@H]2C[C@@H](F)CC[C@H]2c2nc(-c3ccc(F)cc3)sc2-c2ccc(N3CC[S+]([O-])CC3)cc2)CC1. The Bertz CT molecular complexity index is 1410. The number of nitrogens with one attached hydrogen (secondary N) is 1. The number of aromatic nitrogens is 1. The van der Waals surface area contributed by atoms with E-state index in [9.17, 15) is 23.4 Å². The predicted molar refractivity (Wildman–Crippen MR) is 154 cm³/mol. The zero-order chi connectivity index (χ0) is 27.9. The molecule has 6 rings (SSSR count). The molecule has 1 saturated heterocycles. The summed E-state index contributed by atoms with van der Waals surface area (Å²) in [4.78, 5) is 21.6. The van der Waals surface area contributed by atoms with Gasteiger partial charge in [0.15, 0.2) is 0 Å². The predicted octanol–water partition coefficient (Wildman–Crippen LogP) is 5.58.